The molecule has 0 saturated carbocycles. The van der Waals surface area contributed by atoms with Crippen molar-refractivity contribution >= 4 is 52.5 Å². The zero-order valence-corrected chi connectivity index (χ0v) is 23.4. The van der Waals surface area contributed by atoms with Gasteiger partial charge in [0.05, 0.1) is 45.9 Å². The van der Waals surface area contributed by atoms with Crippen molar-refractivity contribution in [3.05, 3.63) is 68.5 Å². The number of anilines is 1. The van der Waals surface area contributed by atoms with E-state index in [4.69, 9.17) is 9.15 Å². The topological polar surface area (TPSA) is 119 Å². The van der Waals surface area contributed by atoms with Crippen molar-refractivity contribution in [3.8, 4) is 0 Å². The SMILES string of the molecule is CCOC(=O)c1ccc(N2C(=O)[C@H]3[C@H](c4ccco4)c4sc(=O)n(CC(=O)N5CCCCC5)c4S[C@H]3C2=O)cc1. The van der Waals surface area contributed by atoms with E-state index < -0.39 is 34.9 Å². The molecule has 6 rings (SSSR count). The summed E-state index contributed by atoms with van der Waals surface area (Å²) < 4.78 is 12.2. The van der Waals surface area contributed by atoms with Crippen LogP contribution in [0.3, 0.4) is 0 Å². The van der Waals surface area contributed by atoms with Crippen molar-refractivity contribution in [2.24, 2.45) is 5.92 Å². The van der Waals surface area contributed by atoms with Gasteiger partial charge in [0.2, 0.25) is 17.7 Å². The van der Waals surface area contributed by atoms with Gasteiger partial charge in [-0.1, -0.05) is 23.1 Å². The number of furan rings is 1. The lowest BCUT2D eigenvalue weighted by atomic mass is 9.87. The molecule has 3 aromatic rings. The Morgan fingerprint density at radius 1 is 1.02 bits per heavy atom. The van der Waals surface area contributed by atoms with Crippen molar-refractivity contribution in [2.45, 2.75) is 48.9 Å². The normalized spacial score (nSPS) is 22.3. The Kier molecular flexibility index (Phi) is 7.13. The van der Waals surface area contributed by atoms with E-state index in [0.717, 1.165) is 47.3 Å². The number of rotatable bonds is 6. The van der Waals surface area contributed by atoms with Crippen LogP contribution in [0.15, 0.2) is 56.9 Å². The third-order valence-corrected chi connectivity index (χ3v) is 10.1. The summed E-state index contributed by atoms with van der Waals surface area (Å²) in [4.78, 5) is 69.3. The molecule has 10 nitrogen and oxygen atoms in total. The number of nitrogens with zero attached hydrogens (tertiary/aromatic N) is 3. The summed E-state index contributed by atoms with van der Waals surface area (Å²) in [6, 6.07) is 9.59. The van der Waals surface area contributed by atoms with Crippen LogP contribution in [0.5, 0.6) is 0 Å². The van der Waals surface area contributed by atoms with Crippen LogP contribution < -0.4 is 9.77 Å². The van der Waals surface area contributed by atoms with E-state index in [2.05, 4.69) is 0 Å². The second-order valence-electron chi connectivity index (χ2n) is 9.90. The Morgan fingerprint density at radius 3 is 2.45 bits per heavy atom. The van der Waals surface area contributed by atoms with E-state index in [-0.39, 0.29) is 23.9 Å². The van der Waals surface area contributed by atoms with E-state index in [0.29, 0.717) is 40.0 Å². The van der Waals surface area contributed by atoms with Gasteiger partial charge in [0.15, 0.2) is 0 Å². The smallest absolute Gasteiger partial charge is 0.338 e. The predicted octanol–water partition coefficient (Wildman–Crippen LogP) is 3.49. The minimum atomic E-state index is -0.815. The molecular weight excluding hydrogens is 554 g/mol. The Labute approximate surface area is 237 Å². The largest absolute Gasteiger partial charge is 0.469 e. The fraction of sp³-hybridized carbons (Fsp3) is 0.393. The van der Waals surface area contributed by atoms with E-state index in [1.165, 1.54) is 23.0 Å². The molecule has 0 aliphatic carbocycles. The molecule has 3 atom stereocenters. The van der Waals surface area contributed by atoms with Gasteiger partial charge in [-0.05, 0) is 62.6 Å². The first-order chi connectivity index (χ1) is 19.4. The molecule has 2 aromatic heterocycles. The number of carbonyl (C=O) groups excluding carboxylic acids is 4. The summed E-state index contributed by atoms with van der Waals surface area (Å²) in [7, 11) is 0. The highest BCUT2D eigenvalue weighted by atomic mass is 32.2. The van der Waals surface area contributed by atoms with Gasteiger partial charge in [0.1, 0.15) is 17.6 Å². The molecule has 3 amide bonds. The van der Waals surface area contributed by atoms with Crippen molar-refractivity contribution in [3.63, 3.8) is 0 Å². The van der Waals surface area contributed by atoms with Crippen LogP contribution in [-0.2, 0) is 25.7 Å². The number of esters is 1. The van der Waals surface area contributed by atoms with E-state index >= 15 is 0 Å². The third kappa shape index (κ3) is 4.48. The molecule has 3 aliphatic heterocycles. The molecule has 0 bridgehead atoms. The van der Waals surface area contributed by atoms with Crippen LogP contribution in [0.1, 0.15) is 53.1 Å². The number of hydrogen-bond acceptors (Lipinski definition) is 9. The van der Waals surface area contributed by atoms with Gasteiger partial charge in [-0.25, -0.2) is 9.69 Å². The van der Waals surface area contributed by atoms with Crippen LogP contribution in [0.25, 0.3) is 0 Å². The highest BCUT2D eigenvalue weighted by Gasteiger charge is 2.57. The molecule has 0 N–H and O–H groups in total. The number of fused-ring (bicyclic) bond motifs is 2. The number of ether oxygens (including phenoxy) is 1. The third-order valence-electron chi connectivity index (χ3n) is 7.54. The fourth-order valence-electron chi connectivity index (χ4n) is 5.62. The molecule has 0 spiro atoms. The molecule has 1 aromatic carbocycles. The molecule has 208 valence electrons. The van der Waals surface area contributed by atoms with Crippen LogP contribution in [-0.4, -0.2) is 58.1 Å². The van der Waals surface area contributed by atoms with Crippen molar-refractivity contribution in [1.29, 1.82) is 0 Å². The lowest BCUT2D eigenvalue weighted by Gasteiger charge is -2.30. The first-order valence-electron chi connectivity index (χ1n) is 13.3. The quantitative estimate of drug-likeness (QED) is 0.321. The van der Waals surface area contributed by atoms with E-state index in [1.807, 2.05) is 0 Å². The molecule has 0 unspecified atom stereocenters. The molecular formula is C28H27N3O7S2. The van der Waals surface area contributed by atoms with Crippen molar-refractivity contribution < 1.29 is 28.3 Å². The van der Waals surface area contributed by atoms with Crippen LogP contribution in [0.4, 0.5) is 5.69 Å². The maximum atomic E-state index is 13.9. The summed E-state index contributed by atoms with van der Waals surface area (Å²) in [6.07, 6.45) is 4.46. The Bertz CT molecular complexity index is 1520. The monoisotopic (exact) mass is 581 g/mol. The molecule has 12 heteroatoms. The highest BCUT2D eigenvalue weighted by Crippen LogP contribution is 2.53. The maximum absolute atomic E-state index is 13.9. The molecule has 2 saturated heterocycles. The Balaban J connectivity index is 1.36. The first kappa shape index (κ1) is 26.6. The number of thioether (sulfide) groups is 1. The number of likely N-dealkylation sites (tertiary alicyclic amines) is 1. The Hall–Kier alpha value is -3.64. The number of imide groups is 1. The lowest BCUT2D eigenvalue weighted by molar-refractivity contribution is -0.133. The number of thiazole rings is 1. The van der Waals surface area contributed by atoms with Gasteiger partial charge in [-0.2, -0.15) is 0 Å². The molecule has 2 fully saturated rings. The summed E-state index contributed by atoms with van der Waals surface area (Å²) >= 11 is 2.16. The van der Waals surface area contributed by atoms with Gasteiger partial charge in [-0.3, -0.25) is 23.7 Å². The number of benzene rings is 1. The Morgan fingerprint density at radius 2 is 1.77 bits per heavy atom. The molecule has 0 radical (unpaired) electrons. The highest BCUT2D eigenvalue weighted by molar-refractivity contribution is 8.00. The van der Waals surface area contributed by atoms with Gasteiger partial charge >= 0.3 is 10.8 Å². The van der Waals surface area contributed by atoms with Crippen LogP contribution in [0, 0.1) is 5.92 Å². The van der Waals surface area contributed by atoms with Gasteiger partial charge in [0, 0.05) is 13.1 Å². The summed E-state index contributed by atoms with van der Waals surface area (Å²) in [5.74, 6) is -2.42. The minimum Gasteiger partial charge on any atom is -0.469 e. The average molecular weight is 582 g/mol. The maximum Gasteiger partial charge on any atom is 0.338 e. The van der Waals surface area contributed by atoms with Crippen LogP contribution in [0.2, 0.25) is 0 Å². The second-order valence-corrected chi connectivity index (χ2v) is 12.0. The van der Waals surface area contributed by atoms with Gasteiger partial charge < -0.3 is 14.1 Å². The second kappa shape index (κ2) is 10.7. The number of carbonyl (C=O) groups is 4. The van der Waals surface area contributed by atoms with Crippen molar-refractivity contribution in [2.75, 3.05) is 24.6 Å². The molecule has 40 heavy (non-hydrogen) atoms. The van der Waals surface area contributed by atoms with Crippen LogP contribution >= 0.6 is 23.1 Å². The summed E-state index contributed by atoms with van der Waals surface area (Å²) in [6.45, 7) is 3.18. The van der Waals surface area contributed by atoms with Gasteiger partial charge in [-0.15, -0.1) is 0 Å². The first-order valence-corrected chi connectivity index (χ1v) is 14.9. The number of amides is 3. The summed E-state index contributed by atoms with van der Waals surface area (Å²) in [5.41, 5.74) is 0.659. The van der Waals surface area contributed by atoms with Crippen molar-refractivity contribution in [1.82, 2.24) is 9.47 Å². The predicted molar refractivity (Wildman–Crippen MR) is 148 cm³/mol. The number of aromatic nitrogens is 1. The fourth-order valence-corrected chi connectivity index (χ4v) is 8.38. The van der Waals surface area contributed by atoms with Gasteiger partial charge in [0.25, 0.3) is 0 Å². The van der Waals surface area contributed by atoms with E-state index in [1.54, 1.807) is 36.1 Å². The molecule has 5 heterocycles. The zero-order valence-electron chi connectivity index (χ0n) is 21.7. The number of hydrogen-bond donors (Lipinski definition) is 0. The zero-order chi connectivity index (χ0) is 28.0. The molecule has 3 aliphatic rings. The lowest BCUT2D eigenvalue weighted by Crippen LogP contribution is -2.39. The van der Waals surface area contributed by atoms with E-state index in [9.17, 15) is 24.0 Å². The number of piperidine rings is 1. The summed E-state index contributed by atoms with van der Waals surface area (Å²) in [5, 5.41) is -0.283. The standard InChI is InChI=1S/C28H27N3O7S2/c1-2-37-27(35)16-8-10-17(11-9-16)31-24(33)21-20(18-7-6-14-38-18)23-26(39-22(21)25(31)34)30(28(36)40-23)15-19(32)29-12-4-3-5-13-29/h6-11,14,20-22H,2-5,12-13,15H2,1H3/t20-,21-,22+/m0/s1. The average Bonchev–Trinajstić information content (AvgIpc) is 3.66. The minimum absolute atomic E-state index is 0.110.